The highest BCUT2D eigenvalue weighted by Gasteiger charge is 2.65. The molecule has 0 amide bonds. The molecule has 1 aliphatic rings. The molecule has 0 aromatic heterocycles. The summed E-state index contributed by atoms with van der Waals surface area (Å²) in [5, 5.41) is 0. The van der Waals surface area contributed by atoms with E-state index in [0.29, 0.717) is 0 Å². The van der Waals surface area contributed by atoms with Gasteiger partial charge in [-0.15, -0.1) is 0 Å². The summed E-state index contributed by atoms with van der Waals surface area (Å²) >= 11 is 0. The van der Waals surface area contributed by atoms with E-state index in [-0.39, 0.29) is 17.2 Å². The normalized spacial score (nSPS) is 17.4. The van der Waals surface area contributed by atoms with Gasteiger partial charge in [0, 0.05) is 0 Å². The van der Waals surface area contributed by atoms with Gasteiger partial charge in [0.1, 0.15) is 0 Å². The molecule has 7 heteroatoms. The maximum absolute atomic E-state index is 12.9. The zero-order chi connectivity index (χ0) is 14.3. The second-order valence-electron chi connectivity index (χ2n) is 4.53. The molecule has 1 aromatic rings. The van der Waals surface area contributed by atoms with Crippen LogP contribution in [0.4, 0.5) is 13.2 Å². The fourth-order valence-electron chi connectivity index (χ4n) is 1.67. The van der Waals surface area contributed by atoms with Crippen LogP contribution in [0.2, 0.25) is 0 Å². The molecule has 0 aliphatic carbocycles. The third-order valence-corrected chi connectivity index (χ3v) is 2.67. The van der Waals surface area contributed by atoms with Crippen LogP contribution in [0.5, 0.6) is 0 Å². The van der Waals surface area contributed by atoms with E-state index in [1.54, 1.807) is 13.8 Å². The van der Waals surface area contributed by atoms with Crippen molar-refractivity contribution in [3.05, 3.63) is 35.4 Å². The topological polar surface area (TPSA) is 70.2 Å². The second kappa shape index (κ2) is 4.50. The minimum absolute atomic E-state index is 0.0711. The number of hydrogen-bond acceptors (Lipinski definition) is 4. The summed E-state index contributed by atoms with van der Waals surface area (Å²) in [4.78, 5) is 11.7. The number of carbonyl (C=O) groups is 1. The van der Waals surface area contributed by atoms with Gasteiger partial charge in [-0.1, -0.05) is 12.1 Å². The summed E-state index contributed by atoms with van der Waals surface area (Å²) in [6, 6.07) is 5.28. The maximum atomic E-state index is 12.9. The molecular formula is C12H13F3N2O2. The molecule has 2 N–H and O–H groups in total. The summed E-state index contributed by atoms with van der Waals surface area (Å²) < 4.78 is 43.6. The Hall–Kier alpha value is -1.60. The SMILES string of the molecule is CC(C)OC(=O)c1cccc(C2(C(F)(F)F)NN2)c1. The van der Waals surface area contributed by atoms with Gasteiger partial charge in [0.25, 0.3) is 0 Å². The highest BCUT2D eigenvalue weighted by Crippen LogP contribution is 2.42. The minimum atomic E-state index is -4.49. The summed E-state index contributed by atoms with van der Waals surface area (Å²) in [6.45, 7) is 3.34. The van der Waals surface area contributed by atoms with Crippen LogP contribution >= 0.6 is 0 Å². The second-order valence-corrected chi connectivity index (χ2v) is 4.53. The number of rotatable bonds is 3. The number of alkyl halides is 3. The van der Waals surface area contributed by atoms with Crippen LogP contribution < -0.4 is 10.9 Å². The van der Waals surface area contributed by atoms with E-state index < -0.39 is 17.8 Å². The van der Waals surface area contributed by atoms with Crippen LogP contribution in [0.3, 0.4) is 0 Å². The molecule has 0 saturated carbocycles. The van der Waals surface area contributed by atoms with E-state index in [9.17, 15) is 18.0 Å². The molecule has 0 spiro atoms. The van der Waals surface area contributed by atoms with Gasteiger partial charge in [-0.3, -0.25) is 0 Å². The minimum Gasteiger partial charge on any atom is -0.459 e. The van der Waals surface area contributed by atoms with Gasteiger partial charge >= 0.3 is 12.1 Å². The molecular weight excluding hydrogens is 261 g/mol. The van der Waals surface area contributed by atoms with Crippen molar-refractivity contribution in [2.24, 2.45) is 0 Å². The van der Waals surface area contributed by atoms with Gasteiger partial charge in [-0.05, 0) is 31.5 Å². The van der Waals surface area contributed by atoms with Crippen LogP contribution in [0.25, 0.3) is 0 Å². The average Bonchev–Trinajstić information content (AvgIpc) is 3.08. The van der Waals surface area contributed by atoms with Crippen molar-refractivity contribution in [3.63, 3.8) is 0 Å². The van der Waals surface area contributed by atoms with Crippen molar-refractivity contribution in [1.82, 2.24) is 10.9 Å². The average molecular weight is 274 g/mol. The van der Waals surface area contributed by atoms with Gasteiger partial charge in [-0.2, -0.15) is 13.2 Å². The highest BCUT2D eigenvalue weighted by molar-refractivity contribution is 5.89. The molecule has 0 bridgehead atoms. The summed E-state index contributed by atoms with van der Waals surface area (Å²) in [7, 11) is 0. The molecule has 1 fully saturated rings. The van der Waals surface area contributed by atoms with Gasteiger partial charge in [0.2, 0.25) is 5.66 Å². The van der Waals surface area contributed by atoms with E-state index in [4.69, 9.17) is 4.74 Å². The molecule has 1 saturated heterocycles. The first-order valence-corrected chi connectivity index (χ1v) is 5.69. The number of carbonyl (C=O) groups excluding carboxylic acids is 1. The summed E-state index contributed by atoms with van der Waals surface area (Å²) in [6.07, 6.45) is -4.82. The third-order valence-electron chi connectivity index (χ3n) is 2.67. The number of nitrogens with one attached hydrogen (secondary N) is 2. The lowest BCUT2D eigenvalue weighted by atomic mass is 10.0. The van der Waals surface area contributed by atoms with Crippen LogP contribution in [0.1, 0.15) is 29.8 Å². The lowest BCUT2D eigenvalue weighted by Gasteiger charge is -2.17. The monoisotopic (exact) mass is 274 g/mol. The standard InChI is InChI=1S/C12H13F3N2O2/c1-7(2)19-10(18)8-4-3-5-9(6-8)11(16-17-11)12(13,14)15/h3-7,16-17H,1-2H3. The highest BCUT2D eigenvalue weighted by atomic mass is 19.4. The van der Waals surface area contributed by atoms with Gasteiger partial charge in [-0.25, -0.2) is 15.6 Å². The third kappa shape index (κ3) is 2.57. The fourth-order valence-corrected chi connectivity index (χ4v) is 1.67. The maximum Gasteiger partial charge on any atom is 0.426 e. The van der Waals surface area contributed by atoms with Crippen LogP contribution in [-0.2, 0) is 10.4 Å². The Morgan fingerprint density at radius 1 is 1.32 bits per heavy atom. The van der Waals surface area contributed by atoms with Gasteiger partial charge in [0.05, 0.1) is 11.7 Å². The zero-order valence-electron chi connectivity index (χ0n) is 10.3. The predicted molar refractivity (Wildman–Crippen MR) is 61.0 cm³/mol. The molecule has 1 aliphatic heterocycles. The lowest BCUT2D eigenvalue weighted by molar-refractivity contribution is -0.165. The van der Waals surface area contributed by atoms with Crippen molar-refractivity contribution in [1.29, 1.82) is 0 Å². The molecule has 4 nitrogen and oxygen atoms in total. The Labute approximate surface area is 107 Å². The van der Waals surface area contributed by atoms with E-state index in [2.05, 4.69) is 10.9 Å². The Bertz CT molecular complexity index is 496. The first-order valence-electron chi connectivity index (χ1n) is 5.69. The van der Waals surface area contributed by atoms with Crippen molar-refractivity contribution in [3.8, 4) is 0 Å². The van der Waals surface area contributed by atoms with Gasteiger partial charge < -0.3 is 4.74 Å². The number of hydrogen-bond donors (Lipinski definition) is 2. The number of esters is 1. The Balaban J connectivity index is 2.28. The lowest BCUT2D eigenvalue weighted by Crippen LogP contribution is -2.35. The Morgan fingerprint density at radius 3 is 2.42 bits per heavy atom. The largest absolute Gasteiger partial charge is 0.459 e. The van der Waals surface area contributed by atoms with E-state index in [1.165, 1.54) is 24.3 Å². The molecule has 0 unspecified atom stereocenters. The smallest absolute Gasteiger partial charge is 0.426 e. The number of halogens is 3. The number of hydrazine groups is 1. The predicted octanol–water partition coefficient (Wildman–Crippen LogP) is 2.07. The zero-order valence-corrected chi connectivity index (χ0v) is 10.3. The quantitative estimate of drug-likeness (QED) is 0.654. The Morgan fingerprint density at radius 2 is 1.95 bits per heavy atom. The van der Waals surface area contributed by atoms with E-state index in [1.807, 2.05) is 0 Å². The summed E-state index contributed by atoms with van der Waals surface area (Å²) in [5.74, 6) is -0.644. The molecule has 0 radical (unpaired) electrons. The van der Waals surface area contributed by atoms with E-state index >= 15 is 0 Å². The molecule has 0 atom stereocenters. The van der Waals surface area contributed by atoms with Crippen LogP contribution in [-0.4, -0.2) is 18.2 Å². The van der Waals surface area contributed by atoms with Gasteiger partial charge in [0.15, 0.2) is 0 Å². The first kappa shape index (κ1) is 13.8. The number of ether oxygens (including phenoxy) is 1. The van der Waals surface area contributed by atoms with Crippen LogP contribution in [0, 0.1) is 0 Å². The fraction of sp³-hybridized carbons (Fsp3) is 0.417. The van der Waals surface area contributed by atoms with Crippen molar-refractivity contribution in [2.45, 2.75) is 31.8 Å². The molecule has 104 valence electrons. The number of benzene rings is 1. The van der Waals surface area contributed by atoms with Crippen molar-refractivity contribution in [2.75, 3.05) is 0 Å². The molecule has 2 rings (SSSR count). The van der Waals surface area contributed by atoms with Crippen LogP contribution in [0.15, 0.2) is 24.3 Å². The molecule has 19 heavy (non-hydrogen) atoms. The van der Waals surface area contributed by atoms with Crippen molar-refractivity contribution < 1.29 is 22.7 Å². The Kier molecular flexibility index (Phi) is 3.27. The van der Waals surface area contributed by atoms with E-state index in [0.717, 1.165) is 0 Å². The first-order chi connectivity index (χ1) is 8.76. The molecule has 1 heterocycles. The molecule has 1 aromatic carbocycles. The van der Waals surface area contributed by atoms with Crippen molar-refractivity contribution >= 4 is 5.97 Å². The summed E-state index contributed by atoms with van der Waals surface area (Å²) in [5.41, 5.74) is 1.92.